The topological polar surface area (TPSA) is 74.0 Å². The van der Waals surface area contributed by atoms with Crippen LogP contribution in [0.4, 0.5) is 19.1 Å². The zero-order valence-corrected chi connectivity index (χ0v) is 13.8. The van der Waals surface area contributed by atoms with Gasteiger partial charge in [-0.15, -0.1) is 5.10 Å². The van der Waals surface area contributed by atoms with Crippen LogP contribution in [0.25, 0.3) is 17.2 Å². The van der Waals surface area contributed by atoms with E-state index in [0.717, 1.165) is 0 Å². The number of anilines is 1. The first-order valence-corrected chi connectivity index (χ1v) is 7.96. The maximum atomic E-state index is 14.5. The van der Waals surface area contributed by atoms with E-state index in [0.29, 0.717) is 40.3 Å². The molecule has 0 atom stereocenters. The number of hydrogen-bond acceptors (Lipinski definition) is 4. The quantitative estimate of drug-likeness (QED) is 0.777. The lowest BCUT2D eigenvalue weighted by molar-refractivity contribution is 0.125. The van der Waals surface area contributed by atoms with E-state index >= 15 is 0 Å². The molecule has 0 fully saturated rings. The molecule has 1 aliphatic carbocycles. The van der Waals surface area contributed by atoms with Crippen molar-refractivity contribution in [3.05, 3.63) is 53.1 Å². The lowest BCUT2D eigenvalue weighted by Crippen LogP contribution is -2.11. The molecule has 0 saturated carbocycles. The SMILES string of the molecule is Cc1nc2c(n1CC(F)F)CC=C(c1c(F)cn3nc(N)ncc13)C=C2.[HH]. The fourth-order valence-corrected chi connectivity index (χ4v) is 3.22. The van der Waals surface area contributed by atoms with E-state index in [4.69, 9.17) is 5.73 Å². The molecule has 3 heterocycles. The lowest BCUT2D eigenvalue weighted by atomic mass is 10.1. The van der Waals surface area contributed by atoms with Crippen LogP contribution in [0.3, 0.4) is 0 Å². The molecule has 9 heteroatoms. The molecular weight excluding hydrogens is 345 g/mol. The molecule has 0 bridgehead atoms. The predicted molar refractivity (Wildman–Crippen MR) is 93.2 cm³/mol. The Hall–Kier alpha value is -3.10. The van der Waals surface area contributed by atoms with Crippen molar-refractivity contribution in [1.29, 1.82) is 0 Å². The Kier molecular flexibility index (Phi) is 3.78. The van der Waals surface area contributed by atoms with Gasteiger partial charge in [0.2, 0.25) is 5.95 Å². The molecule has 0 radical (unpaired) electrons. The van der Waals surface area contributed by atoms with Gasteiger partial charge in [0.05, 0.1) is 30.1 Å². The molecule has 0 aromatic carbocycles. The first-order chi connectivity index (χ1) is 12.4. The molecular formula is C17H17F3N6. The van der Waals surface area contributed by atoms with E-state index < -0.39 is 18.8 Å². The highest BCUT2D eigenvalue weighted by Gasteiger charge is 2.20. The highest BCUT2D eigenvalue weighted by atomic mass is 19.3. The van der Waals surface area contributed by atoms with Crippen LogP contribution in [-0.4, -0.2) is 30.6 Å². The van der Waals surface area contributed by atoms with Crippen LogP contribution in [0, 0.1) is 12.7 Å². The minimum absolute atomic E-state index is 0. The van der Waals surface area contributed by atoms with Crippen molar-refractivity contribution >= 4 is 23.1 Å². The molecule has 0 spiro atoms. The Morgan fingerprint density at radius 3 is 2.92 bits per heavy atom. The summed E-state index contributed by atoms with van der Waals surface area (Å²) >= 11 is 0. The second kappa shape index (κ2) is 6.01. The van der Waals surface area contributed by atoms with Gasteiger partial charge in [0.25, 0.3) is 6.43 Å². The van der Waals surface area contributed by atoms with Crippen LogP contribution in [0.5, 0.6) is 0 Å². The van der Waals surface area contributed by atoms with Crippen molar-refractivity contribution in [2.75, 3.05) is 5.73 Å². The van der Waals surface area contributed by atoms with Crippen LogP contribution in [0.2, 0.25) is 0 Å². The van der Waals surface area contributed by atoms with Gasteiger partial charge in [0.15, 0.2) is 5.82 Å². The third kappa shape index (κ3) is 2.65. The van der Waals surface area contributed by atoms with E-state index in [9.17, 15) is 13.2 Å². The summed E-state index contributed by atoms with van der Waals surface area (Å²) in [6, 6.07) is 0. The number of aromatic nitrogens is 5. The predicted octanol–water partition coefficient (Wildman–Crippen LogP) is 3.12. The Bertz CT molecular complexity index is 1070. The zero-order valence-electron chi connectivity index (χ0n) is 13.8. The molecule has 6 nitrogen and oxygen atoms in total. The van der Waals surface area contributed by atoms with Crippen molar-refractivity contribution in [1.82, 2.24) is 24.1 Å². The van der Waals surface area contributed by atoms with Gasteiger partial charge in [-0.3, -0.25) is 0 Å². The molecule has 3 aromatic rings. The van der Waals surface area contributed by atoms with E-state index in [1.165, 1.54) is 21.5 Å². The molecule has 0 amide bonds. The van der Waals surface area contributed by atoms with Crippen LogP contribution in [0.1, 0.15) is 24.2 Å². The molecule has 2 N–H and O–H groups in total. The number of rotatable bonds is 3. The monoisotopic (exact) mass is 362 g/mol. The van der Waals surface area contributed by atoms with Crippen molar-refractivity contribution < 1.29 is 14.6 Å². The van der Waals surface area contributed by atoms with Crippen molar-refractivity contribution in [3.8, 4) is 0 Å². The third-order valence-electron chi connectivity index (χ3n) is 4.35. The zero-order chi connectivity index (χ0) is 18.4. The fourth-order valence-electron chi connectivity index (χ4n) is 3.22. The highest BCUT2D eigenvalue weighted by molar-refractivity contribution is 5.87. The fraction of sp³-hybridized carbons (Fsp3) is 0.235. The summed E-state index contributed by atoms with van der Waals surface area (Å²) in [7, 11) is 0. The average molecular weight is 362 g/mol. The first-order valence-electron chi connectivity index (χ1n) is 7.96. The second-order valence-electron chi connectivity index (χ2n) is 5.99. The molecule has 136 valence electrons. The smallest absolute Gasteiger partial charge is 0.256 e. The average Bonchev–Trinajstić information content (AvgIpc) is 2.95. The summed E-state index contributed by atoms with van der Waals surface area (Å²) in [4.78, 5) is 8.26. The highest BCUT2D eigenvalue weighted by Crippen LogP contribution is 2.30. The Morgan fingerprint density at radius 1 is 1.35 bits per heavy atom. The number of nitrogens with zero attached hydrogens (tertiary/aromatic N) is 5. The molecule has 0 unspecified atom stereocenters. The summed E-state index contributed by atoms with van der Waals surface area (Å²) in [5, 5.41) is 3.96. The Morgan fingerprint density at radius 2 is 2.15 bits per heavy atom. The van der Waals surface area contributed by atoms with Crippen molar-refractivity contribution in [3.63, 3.8) is 0 Å². The number of imidazole rings is 1. The number of fused-ring (bicyclic) bond motifs is 2. The minimum atomic E-state index is -2.47. The van der Waals surface area contributed by atoms with Gasteiger partial charge in [0.1, 0.15) is 5.82 Å². The number of alkyl halides is 2. The maximum Gasteiger partial charge on any atom is 0.256 e. The van der Waals surface area contributed by atoms with Crippen molar-refractivity contribution in [2.45, 2.75) is 26.3 Å². The molecule has 1 aliphatic rings. The van der Waals surface area contributed by atoms with Gasteiger partial charge < -0.3 is 10.3 Å². The van der Waals surface area contributed by atoms with Gasteiger partial charge in [-0.05, 0) is 18.6 Å². The number of allylic oxidation sites excluding steroid dienone is 3. The normalized spacial score (nSPS) is 14.0. The van der Waals surface area contributed by atoms with E-state index in [-0.39, 0.29) is 7.37 Å². The van der Waals surface area contributed by atoms with Crippen LogP contribution in [-0.2, 0) is 13.0 Å². The number of nitrogens with two attached hydrogens (primary N) is 1. The summed E-state index contributed by atoms with van der Waals surface area (Å²) in [6.45, 7) is 1.28. The third-order valence-corrected chi connectivity index (χ3v) is 4.35. The Labute approximate surface area is 148 Å². The number of nitrogen functional groups attached to an aromatic ring is 1. The molecule has 26 heavy (non-hydrogen) atoms. The Balaban J connectivity index is 0.00000210. The maximum absolute atomic E-state index is 14.5. The molecule has 4 rings (SSSR count). The first kappa shape index (κ1) is 16.4. The number of halogens is 3. The minimum Gasteiger partial charge on any atom is -0.367 e. The van der Waals surface area contributed by atoms with E-state index in [1.54, 1.807) is 25.2 Å². The van der Waals surface area contributed by atoms with Gasteiger partial charge in [-0.1, -0.05) is 12.2 Å². The second-order valence-corrected chi connectivity index (χ2v) is 5.99. The number of aryl methyl sites for hydroxylation is 1. The van der Waals surface area contributed by atoms with Gasteiger partial charge in [-0.25, -0.2) is 27.7 Å². The molecule has 0 aliphatic heterocycles. The van der Waals surface area contributed by atoms with Gasteiger partial charge in [0, 0.05) is 19.1 Å². The van der Waals surface area contributed by atoms with E-state index in [2.05, 4.69) is 15.1 Å². The van der Waals surface area contributed by atoms with Crippen LogP contribution < -0.4 is 5.73 Å². The summed E-state index contributed by atoms with van der Waals surface area (Å²) in [5.41, 5.74) is 8.24. The number of hydrogen-bond donors (Lipinski definition) is 1. The molecule has 0 saturated heterocycles. The molecule has 3 aromatic heterocycles. The summed E-state index contributed by atoms with van der Waals surface area (Å²) < 4.78 is 43.0. The van der Waals surface area contributed by atoms with Crippen LogP contribution in [0.15, 0.2) is 24.5 Å². The van der Waals surface area contributed by atoms with Gasteiger partial charge in [-0.2, -0.15) is 0 Å². The standard InChI is InChI=1S/C17H15F3N6.H2/c1-9-23-12-4-2-10(3-5-13(12)25(9)8-15(19)20)16-11(18)7-26-14(16)6-22-17(21)24-26;/h2-4,6-7,15H,5,8H2,1H3,(H2,21,24);1H. The summed E-state index contributed by atoms with van der Waals surface area (Å²) in [6.07, 6.45) is 5.79. The van der Waals surface area contributed by atoms with Crippen LogP contribution >= 0.6 is 0 Å². The van der Waals surface area contributed by atoms with Crippen molar-refractivity contribution in [2.24, 2.45) is 0 Å². The largest absolute Gasteiger partial charge is 0.367 e. The summed E-state index contributed by atoms with van der Waals surface area (Å²) in [5.74, 6) is 0.102. The lowest BCUT2D eigenvalue weighted by Gasteiger charge is -2.08. The van der Waals surface area contributed by atoms with E-state index in [1.807, 2.05) is 0 Å². The van der Waals surface area contributed by atoms with Gasteiger partial charge >= 0.3 is 0 Å².